The normalized spacial score (nSPS) is 20.8. The number of carbonyl (C=O) groups excluding carboxylic acids is 3. The van der Waals surface area contributed by atoms with Gasteiger partial charge < -0.3 is 5.32 Å². The largest absolute Gasteiger partial charge is 0.326 e. The van der Waals surface area contributed by atoms with Gasteiger partial charge in [0.1, 0.15) is 0 Å². The molecular weight excluding hydrogens is 442 g/mol. The molecule has 0 spiro atoms. The van der Waals surface area contributed by atoms with Gasteiger partial charge >= 0.3 is 0 Å². The topological polar surface area (TPSA) is 104 Å². The fourth-order valence-corrected chi connectivity index (χ4v) is 5.47. The summed E-state index contributed by atoms with van der Waals surface area (Å²) in [4.78, 5) is 40.0. The summed E-state index contributed by atoms with van der Waals surface area (Å²) in [6, 6.07) is 12.8. The quantitative estimate of drug-likeness (QED) is 0.655. The van der Waals surface area contributed by atoms with Crippen LogP contribution in [0.1, 0.15) is 46.4 Å². The van der Waals surface area contributed by atoms with Gasteiger partial charge in [0.25, 0.3) is 11.8 Å². The molecule has 2 aliphatic rings. The lowest BCUT2D eigenvalue weighted by molar-refractivity contribution is -0.122. The van der Waals surface area contributed by atoms with Gasteiger partial charge in [0.15, 0.2) is 0 Å². The Morgan fingerprint density at radius 1 is 0.970 bits per heavy atom. The van der Waals surface area contributed by atoms with Crippen molar-refractivity contribution < 1.29 is 22.8 Å². The van der Waals surface area contributed by atoms with E-state index in [0.717, 1.165) is 23.6 Å². The smallest absolute Gasteiger partial charge is 0.261 e. The van der Waals surface area contributed by atoms with Crippen LogP contribution in [0.15, 0.2) is 53.4 Å². The van der Waals surface area contributed by atoms with E-state index in [4.69, 9.17) is 0 Å². The van der Waals surface area contributed by atoms with E-state index < -0.39 is 10.0 Å². The third-order valence-electron chi connectivity index (χ3n) is 6.44. The van der Waals surface area contributed by atoms with Crippen LogP contribution in [0.2, 0.25) is 0 Å². The molecule has 1 aliphatic heterocycles. The van der Waals surface area contributed by atoms with Gasteiger partial charge in [-0.2, -0.15) is 0 Å². The summed E-state index contributed by atoms with van der Waals surface area (Å²) < 4.78 is 25.6. The molecule has 2 aromatic rings. The Kier molecular flexibility index (Phi) is 6.36. The first kappa shape index (κ1) is 23.1. The summed E-state index contributed by atoms with van der Waals surface area (Å²) in [6.45, 7) is 0.213. The molecule has 1 aliphatic carbocycles. The molecule has 0 saturated heterocycles. The van der Waals surface area contributed by atoms with E-state index in [1.54, 1.807) is 36.4 Å². The average molecular weight is 470 g/mol. The lowest BCUT2D eigenvalue weighted by atomic mass is 9.78. The van der Waals surface area contributed by atoms with Crippen LogP contribution in [0, 0.1) is 11.8 Å². The second-order valence-electron chi connectivity index (χ2n) is 8.72. The first-order valence-electron chi connectivity index (χ1n) is 11.0. The molecule has 2 unspecified atom stereocenters. The zero-order valence-electron chi connectivity index (χ0n) is 18.7. The highest BCUT2D eigenvalue weighted by atomic mass is 32.2. The minimum atomic E-state index is -3.55. The molecule has 0 aromatic heterocycles. The molecule has 0 bridgehead atoms. The van der Waals surface area contributed by atoms with Crippen LogP contribution in [0.3, 0.4) is 0 Å². The zero-order valence-corrected chi connectivity index (χ0v) is 19.5. The number of amides is 3. The SMILES string of the molecule is CN(C)S(=O)(=O)c1ccc(NC(=O)C2CCCCC2CN2C(=O)c3ccccc3C2=O)cc1. The molecule has 1 heterocycles. The third kappa shape index (κ3) is 4.43. The van der Waals surface area contributed by atoms with Gasteiger partial charge in [-0.1, -0.05) is 25.0 Å². The Balaban J connectivity index is 1.46. The van der Waals surface area contributed by atoms with Gasteiger partial charge in [0.2, 0.25) is 15.9 Å². The second-order valence-corrected chi connectivity index (χ2v) is 10.9. The molecule has 3 amide bonds. The maximum absolute atomic E-state index is 13.1. The molecule has 4 rings (SSSR count). The molecular formula is C24H27N3O5S. The molecule has 2 atom stereocenters. The van der Waals surface area contributed by atoms with Crippen LogP contribution in [0.25, 0.3) is 0 Å². The number of benzene rings is 2. The Morgan fingerprint density at radius 3 is 2.12 bits per heavy atom. The first-order chi connectivity index (χ1) is 15.7. The number of imide groups is 1. The van der Waals surface area contributed by atoms with Crippen LogP contribution >= 0.6 is 0 Å². The van der Waals surface area contributed by atoms with Crippen LogP contribution in [0.5, 0.6) is 0 Å². The van der Waals surface area contributed by atoms with Crippen molar-refractivity contribution in [2.45, 2.75) is 30.6 Å². The molecule has 8 nitrogen and oxygen atoms in total. The van der Waals surface area contributed by atoms with E-state index in [-0.39, 0.29) is 41.0 Å². The van der Waals surface area contributed by atoms with Gasteiger partial charge in [-0.05, 0) is 55.2 Å². The Labute approximate surface area is 193 Å². The number of sulfonamides is 1. The first-order valence-corrected chi connectivity index (χ1v) is 12.4. The monoisotopic (exact) mass is 469 g/mol. The number of rotatable bonds is 6. The fraction of sp³-hybridized carbons (Fsp3) is 0.375. The summed E-state index contributed by atoms with van der Waals surface area (Å²) in [5, 5.41) is 2.88. The number of hydrogen-bond acceptors (Lipinski definition) is 5. The minimum Gasteiger partial charge on any atom is -0.326 e. The standard InChI is InChI=1S/C24H27N3O5S/c1-26(2)33(31,32)18-13-11-17(12-14-18)25-22(28)19-8-4-3-7-16(19)15-27-23(29)20-9-5-6-10-21(20)24(27)30/h5-6,9-14,16,19H,3-4,7-8,15H2,1-2H3,(H,25,28). The second kappa shape index (κ2) is 9.07. The number of nitrogens with one attached hydrogen (secondary N) is 1. The summed E-state index contributed by atoms with van der Waals surface area (Å²) >= 11 is 0. The van der Waals surface area contributed by atoms with Crippen molar-refractivity contribution in [1.82, 2.24) is 9.21 Å². The molecule has 33 heavy (non-hydrogen) atoms. The molecule has 1 N–H and O–H groups in total. The van der Waals surface area contributed by atoms with Crippen molar-refractivity contribution >= 4 is 33.4 Å². The number of fused-ring (bicyclic) bond motifs is 1. The van der Waals surface area contributed by atoms with Gasteiger partial charge in [0.05, 0.1) is 16.0 Å². The van der Waals surface area contributed by atoms with Gasteiger partial charge in [-0.25, -0.2) is 12.7 Å². The summed E-state index contributed by atoms with van der Waals surface area (Å²) in [6.07, 6.45) is 3.27. The van der Waals surface area contributed by atoms with E-state index in [9.17, 15) is 22.8 Å². The molecule has 174 valence electrons. The zero-order chi connectivity index (χ0) is 23.8. The molecule has 0 radical (unpaired) electrons. The van der Waals surface area contributed by atoms with Crippen molar-refractivity contribution in [3.05, 3.63) is 59.7 Å². The van der Waals surface area contributed by atoms with Gasteiger partial charge in [0, 0.05) is 32.2 Å². The van der Waals surface area contributed by atoms with E-state index in [1.165, 1.54) is 31.1 Å². The lowest BCUT2D eigenvalue weighted by Gasteiger charge is -2.32. The van der Waals surface area contributed by atoms with Crippen molar-refractivity contribution in [3.8, 4) is 0 Å². The number of carbonyl (C=O) groups is 3. The lowest BCUT2D eigenvalue weighted by Crippen LogP contribution is -2.41. The van der Waals surface area contributed by atoms with Crippen molar-refractivity contribution in [3.63, 3.8) is 0 Å². The molecule has 9 heteroatoms. The van der Waals surface area contributed by atoms with E-state index in [1.807, 2.05) is 0 Å². The highest BCUT2D eigenvalue weighted by Crippen LogP contribution is 2.34. The minimum absolute atomic E-state index is 0.130. The van der Waals surface area contributed by atoms with Crippen LogP contribution < -0.4 is 5.32 Å². The van der Waals surface area contributed by atoms with E-state index in [0.29, 0.717) is 23.2 Å². The maximum Gasteiger partial charge on any atom is 0.261 e. The number of hydrogen-bond donors (Lipinski definition) is 1. The Bertz CT molecular complexity index is 1160. The fourth-order valence-electron chi connectivity index (χ4n) is 4.57. The van der Waals surface area contributed by atoms with Crippen LogP contribution in [-0.2, 0) is 14.8 Å². The number of anilines is 1. The number of nitrogens with zero attached hydrogens (tertiary/aromatic N) is 2. The van der Waals surface area contributed by atoms with Crippen molar-refractivity contribution in [2.24, 2.45) is 11.8 Å². The summed E-state index contributed by atoms with van der Waals surface area (Å²) in [7, 11) is -0.625. The van der Waals surface area contributed by atoms with Crippen molar-refractivity contribution in [2.75, 3.05) is 26.0 Å². The van der Waals surface area contributed by atoms with E-state index >= 15 is 0 Å². The highest BCUT2D eigenvalue weighted by Gasteiger charge is 2.40. The summed E-state index contributed by atoms with van der Waals surface area (Å²) in [5.74, 6) is -1.27. The molecule has 1 fully saturated rings. The van der Waals surface area contributed by atoms with E-state index in [2.05, 4.69) is 5.32 Å². The molecule has 2 aromatic carbocycles. The predicted molar refractivity (Wildman–Crippen MR) is 123 cm³/mol. The van der Waals surface area contributed by atoms with Crippen LogP contribution in [0.4, 0.5) is 5.69 Å². The Morgan fingerprint density at radius 2 is 1.55 bits per heavy atom. The Hall–Kier alpha value is -3.04. The van der Waals surface area contributed by atoms with Crippen molar-refractivity contribution in [1.29, 1.82) is 0 Å². The predicted octanol–water partition coefficient (Wildman–Crippen LogP) is 2.98. The van der Waals surface area contributed by atoms with Crippen LogP contribution in [-0.4, -0.2) is 56.0 Å². The average Bonchev–Trinajstić information content (AvgIpc) is 3.04. The van der Waals surface area contributed by atoms with Gasteiger partial charge in [-0.3, -0.25) is 19.3 Å². The third-order valence-corrected chi connectivity index (χ3v) is 8.27. The maximum atomic E-state index is 13.1. The molecule has 1 saturated carbocycles. The van der Waals surface area contributed by atoms with Gasteiger partial charge in [-0.15, -0.1) is 0 Å². The summed E-state index contributed by atoms with van der Waals surface area (Å²) in [5.41, 5.74) is 1.32. The highest BCUT2D eigenvalue weighted by molar-refractivity contribution is 7.89.